The van der Waals surface area contributed by atoms with E-state index in [9.17, 15) is 4.79 Å². The van der Waals surface area contributed by atoms with Crippen molar-refractivity contribution in [2.45, 2.75) is 68.8 Å². The third-order valence-corrected chi connectivity index (χ3v) is 6.72. The van der Waals surface area contributed by atoms with Crippen molar-refractivity contribution in [3.05, 3.63) is 53.5 Å². The van der Waals surface area contributed by atoms with Gasteiger partial charge in [-0.2, -0.15) is 0 Å². The number of rotatable bonds is 6. The SMILES string of the molecule is COC(=O)c1ccc(CSc2nnc(-c3ccc(C(C)(C)C)cc3)n2C2CCCC2)o1. The molecule has 0 aliphatic heterocycles. The highest BCUT2D eigenvalue weighted by molar-refractivity contribution is 7.98. The molecule has 0 atom stereocenters. The van der Waals surface area contributed by atoms with Crippen LogP contribution in [-0.4, -0.2) is 27.8 Å². The molecule has 6 nitrogen and oxygen atoms in total. The summed E-state index contributed by atoms with van der Waals surface area (Å²) in [6, 6.07) is 12.5. The van der Waals surface area contributed by atoms with Crippen LogP contribution in [0.25, 0.3) is 11.4 Å². The molecule has 1 aliphatic carbocycles. The van der Waals surface area contributed by atoms with Crippen LogP contribution in [0.3, 0.4) is 0 Å². The lowest BCUT2D eigenvalue weighted by Crippen LogP contribution is -2.11. The van der Waals surface area contributed by atoms with Crippen LogP contribution in [0.4, 0.5) is 0 Å². The standard InChI is InChI=1S/C24H29N3O3S/c1-24(2,3)17-11-9-16(10-12-17)21-25-26-23(27(21)18-7-5-6-8-18)31-15-19-13-14-20(30-19)22(28)29-4/h9-14,18H,5-8,15H2,1-4H3. The number of ether oxygens (including phenoxy) is 1. The van der Waals surface area contributed by atoms with Crippen molar-refractivity contribution < 1.29 is 13.9 Å². The molecule has 2 aromatic heterocycles. The predicted molar refractivity (Wildman–Crippen MR) is 121 cm³/mol. The molecule has 3 aromatic rings. The monoisotopic (exact) mass is 439 g/mol. The third kappa shape index (κ3) is 4.71. The van der Waals surface area contributed by atoms with E-state index in [2.05, 4.69) is 59.8 Å². The zero-order valence-corrected chi connectivity index (χ0v) is 19.4. The normalized spacial score (nSPS) is 14.8. The van der Waals surface area contributed by atoms with Crippen LogP contribution >= 0.6 is 11.8 Å². The van der Waals surface area contributed by atoms with E-state index in [0.29, 0.717) is 17.6 Å². The molecule has 0 saturated heterocycles. The van der Waals surface area contributed by atoms with Gasteiger partial charge in [0.05, 0.1) is 12.9 Å². The summed E-state index contributed by atoms with van der Waals surface area (Å²) in [5.41, 5.74) is 2.51. The first-order chi connectivity index (χ1) is 14.9. The van der Waals surface area contributed by atoms with E-state index in [1.165, 1.54) is 25.5 Å². The van der Waals surface area contributed by atoms with Crippen molar-refractivity contribution in [2.75, 3.05) is 7.11 Å². The van der Waals surface area contributed by atoms with E-state index in [4.69, 9.17) is 9.15 Å². The van der Waals surface area contributed by atoms with Gasteiger partial charge >= 0.3 is 5.97 Å². The number of methoxy groups -OCH3 is 1. The first-order valence-electron chi connectivity index (χ1n) is 10.7. The molecule has 7 heteroatoms. The van der Waals surface area contributed by atoms with Crippen LogP contribution in [0, 0.1) is 0 Å². The summed E-state index contributed by atoms with van der Waals surface area (Å²) in [4.78, 5) is 11.6. The van der Waals surface area contributed by atoms with Crippen LogP contribution in [-0.2, 0) is 15.9 Å². The van der Waals surface area contributed by atoms with Crippen LogP contribution in [0.15, 0.2) is 46.0 Å². The Morgan fingerprint density at radius 2 is 1.84 bits per heavy atom. The number of carbonyl (C=O) groups is 1. The van der Waals surface area contributed by atoms with Gasteiger partial charge in [0.15, 0.2) is 11.0 Å². The molecule has 164 valence electrons. The molecule has 1 fully saturated rings. The van der Waals surface area contributed by atoms with Crippen LogP contribution < -0.4 is 0 Å². The summed E-state index contributed by atoms with van der Waals surface area (Å²) in [6.07, 6.45) is 4.75. The van der Waals surface area contributed by atoms with Gasteiger partial charge in [0.1, 0.15) is 5.76 Å². The molecule has 0 spiro atoms. The number of thioether (sulfide) groups is 1. The zero-order valence-electron chi connectivity index (χ0n) is 18.6. The molecule has 0 bridgehead atoms. The highest BCUT2D eigenvalue weighted by Crippen LogP contribution is 2.37. The summed E-state index contributed by atoms with van der Waals surface area (Å²) in [7, 11) is 1.35. The van der Waals surface area contributed by atoms with Gasteiger partial charge in [-0.05, 0) is 36.0 Å². The minimum Gasteiger partial charge on any atom is -0.463 e. The third-order valence-electron chi connectivity index (χ3n) is 5.76. The Bertz CT molecular complexity index is 1040. The van der Waals surface area contributed by atoms with Crippen molar-refractivity contribution in [1.29, 1.82) is 0 Å². The highest BCUT2D eigenvalue weighted by Gasteiger charge is 2.25. The quantitative estimate of drug-likeness (QED) is 0.345. The number of hydrogen-bond acceptors (Lipinski definition) is 6. The lowest BCUT2D eigenvalue weighted by atomic mass is 9.86. The second-order valence-electron chi connectivity index (χ2n) is 8.99. The van der Waals surface area contributed by atoms with Crippen molar-refractivity contribution in [1.82, 2.24) is 14.8 Å². The smallest absolute Gasteiger partial charge is 0.373 e. The molecule has 0 radical (unpaired) electrons. The zero-order chi connectivity index (χ0) is 22.0. The van der Waals surface area contributed by atoms with Crippen molar-refractivity contribution >= 4 is 17.7 Å². The largest absolute Gasteiger partial charge is 0.463 e. The Kier molecular flexibility index (Phi) is 6.23. The molecule has 31 heavy (non-hydrogen) atoms. The maximum Gasteiger partial charge on any atom is 0.373 e. The van der Waals surface area contributed by atoms with Gasteiger partial charge in [-0.15, -0.1) is 10.2 Å². The number of nitrogens with zero attached hydrogens (tertiary/aromatic N) is 3. The van der Waals surface area contributed by atoms with E-state index >= 15 is 0 Å². The molecule has 1 saturated carbocycles. The van der Waals surface area contributed by atoms with E-state index in [-0.39, 0.29) is 11.2 Å². The number of hydrogen-bond donors (Lipinski definition) is 0. The molecular formula is C24H29N3O3S. The lowest BCUT2D eigenvalue weighted by Gasteiger charge is -2.20. The van der Waals surface area contributed by atoms with Crippen molar-refractivity contribution in [2.24, 2.45) is 0 Å². The van der Waals surface area contributed by atoms with Gasteiger partial charge in [-0.25, -0.2) is 4.79 Å². The summed E-state index contributed by atoms with van der Waals surface area (Å²) in [5, 5.41) is 9.98. The molecule has 4 rings (SSSR count). The van der Waals surface area contributed by atoms with Gasteiger partial charge in [0.2, 0.25) is 5.76 Å². The highest BCUT2D eigenvalue weighted by atomic mass is 32.2. The van der Waals surface area contributed by atoms with E-state index in [1.807, 2.05) is 6.07 Å². The van der Waals surface area contributed by atoms with E-state index in [1.54, 1.807) is 17.8 Å². The Hall–Kier alpha value is -2.54. The van der Waals surface area contributed by atoms with Gasteiger partial charge in [0.25, 0.3) is 0 Å². The fourth-order valence-electron chi connectivity index (χ4n) is 3.98. The molecule has 0 N–H and O–H groups in total. The molecular weight excluding hydrogens is 410 g/mol. The number of furan rings is 1. The number of aromatic nitrogens is 3. The Balaban J connectivity index is 1.59. The second-order valence-corrected chi connectivity index (χ2v) is 9.93. The van der Waals surface area contributed by atoms with Gasteiger partial charge < -0.3 is 9.15 Å². The summed E-state index contributed by atoms with van der Waals surface area (Å²) in [5.74, 6) is 1.96. The van der Waals surface area contributed by atoms with Crippen LogP contribution in [0.5, 0.6) is 0 Å². The molecule has 0 unspecified atom stereocenters. The average molecular weight is 440 g/mol. The maximum absolute atomic E-state index is 11.6. The molecule has 1 aromatic carbocycles. The predicted octanol–water partition coefficient (Wildman–Crippen LogP) is 6.03. The van der Waals surface area contributed by atoms with Crippen LogP contribution in [0.1, 0.15) is 74.4 Å². The van der Waals surface area contributed by atoms with Crippen LogP contribution in [0.2, 0.25) is 0 Å². The average Bonchev–Trinajstić information content (AvgIpc) is 3.51. The van der Waals surface area contributed by atoms with E-state index in [0.717, 1.165) is 29.4 Å². The van der Waals surface area contributed by atoms with Gasteiger partial charge in [-0.1, -0.05) is 69.6 Å². The maximum atomic E-state index is 11.6. The first-order valence-corrected chi connectivity index (χ1v) is 11.7. The van der Waals surface area contributed by atoms with Crippen molar-refractivity contribution in [3.63, 3.8) is 0 Å². The Labute approximate surface area is 187 Å². The molecule has 2 heterocycles. The fraction of sp³-hybridized carbons (Fsp3) is 0.458. The van der Waals surface area contributed by atoms with Crippen molar-refractivity contribution in [3.8, 4) is 11.4 Å². The minimum absolute atomic E-state index is 0.116. The topological polar surface area (TPSA) is 70.2 Å². The molecule has 1 aliphatic rings. The summed E-state index contributed by atoms with van der Waals surface area (Å²) in [6.45, 7) is 6.66. The summed E-state index contributed by atoms with van der Waals surface area (Å²) >= 11 is 1.59. The fourth-order valence-corrected chi connectivity index (χ4v) is 4.88. The lowest BCUT2D eigenvalue weighted by molar-refractivity contribution is 0.0563. The number of carbonyl (C=O) groups excluding carboxylic acids is 1. The molecule has 0 amide bonds. The Morgan fingerprint density at radius 3 is 2.48 bits per heavy atom. The summed E-state index contributed by atoms with van der Waals surface area (Å²) < 4.78 is 12.6. The Morgan fingerprint density at radius 1 is 1.13 bits per heavy atom. The number of benzene rings is 1. The minimum atomic E-state index is -0.466. The first kappa shape index (κ1) is 21.7. The second kappa shape index (κ2) is 8.91. The number of esters is 1. The van der Waals surface area contributed by atoms with Gasteiger partial charge in [-0.3, -0.25) is 4.57 Å². The van der Waals surface area contributed by atoms with E-state index < -0.39 is 5.97 Å². The van der Waals surface area contributed by atoms with Gasteiger partial charge in [0, 0.05) is 11.6 Å².